The van der Waals surface area contributed by atoms with E-state index in [0.717, 1.165) is 30.6 Å². The highest BCUT2D eigenvalue weighted by atomic mass is 31.2. The molecule has 0 saturated heterocycles. The summed E-state index contributed by atoms with van der Waals surface area (Å²) in [5.74, 6) is -2.84. The van der Waals surface area contributed by atoms with Crippen molar-refractivity contribution in [2.45, 2.75) is 92.6 Å². The van der Waals surface area contributed by atoms with Crippen LogP contribution in [0.5, 0.6) is 0 Å². The number of likely N-dealkylation sites (N-methyl/N-ethyl adjacent to an activating group) is 1. The van der Waals surface area contributed by atoms with Crippen LogP contribution < -0.4 is 5.73 Å². The third kappa shape index (κ3) is 16.9. The summed E-state index contributed by atoms with van der Waals surface area (Å²) in [6.07, 6.45) is -0.193. The molecule has 0 radical (unpaired) electrons. The number of ether oxygens (including phenoxy) is 4. The quantitative estimate of drug-likeness (QED) is 0.0511. The van der Waals surface area contributed by atoms with E-state index in [1.807, 2.05) is 13.8 Å². The molecule has 0 amide bonds. The van der Waals surface area contributed by atoms with Crippen molar-refractivity contribution in [2.75, 3.05) is 26.8 Å². The Hall–Kier alpha value is -2.57. The Morgan fingerprint density at radius 3 is 1.59 bits per heavy atom. The molecule has 0 aliphatic rings. The fourth-order valence-electron chi connectivity index (χ4n) is 2.65. The molecule has 3 N–H and O–H groups in total. The molecule has 2 unspecified atom stereocenters. The molecule has 0 aliphatic heterocycles. The lowest BCUT2D eigenvalue weighted by Gasteiger charge is -2.28. The third-order valence-electron chi connectivity index (χ3n) is 4.91. The molecule has 0 bridgehead atoms. The summed E-state index contributed by atoms with van der Waals surface area (Å²) in [6, 6.07) is 0. The predicted octanol–water partition coefficient (Wildman–Crippen LogP) is 5.11. The molecule has 0 saturated carbocycles. The molecule has 0 fully saturated rings. The van der Waals surface area contributed by atoms with Gasteiger partial charge in [-0.25, -0.2) is 23.2 Å². The maximum atomic E-state index is 13.9. The number of guanidine groups is 1. The lowest BCUT2D eigenvalue weighted by atomic mass is 10.2. The molecular formula is C24H46N3O11P. The molecular weight excluding hydrogens is 537 g/mol. The fraction of sp³-hybridized carbons (Fsp3) is 0.833. The molecule has 15 heteroatoms. The van der Waals surface area contributed by atoms with Crippen LogP contribution in [0.2, 0.25) is 0 Å². The first kappa shape index (κ1) is 36.4. The van der Waals surface area contributed by atoms with Crippen LogP contribution in [0.15, 0.2) is 4.76 Å². The van der Waals surface area contributed by atoms with Gasteiger partial charge in [0, 0.05) is 18.9 Å². The van der Waals surface area contributed by atoms with Gasteiger partial charge in [0.2, 0.25) is 18.5 Å². The summed E-state index contributed by atoms with van der Waals surface area (Å²) in [6.45, 7) is 10.1. The Kier molecular flexibility index (Phi) is 18.2. The van der Waals surface area contributed by atoms with Gasteiger partial charge < -0.3 is 34.7 Å². The van der Waals surface area contributed by atoms with Crippen LogP contribution in [0.3, 0.4) is 0 Å². The van der Waals surface area contributed by atoms with E-state index < -0.39 is 62.9 Å². The van der Waals surface area contributed by atoms with Gasteiger partial charge in [0.1, 0.15) is 6.54 Å². The van der Waals surface area contributed by atoms with Crippen LogP contribution >= 0.6 is 7.75 Å². The van der Waals surface area contributed by atoms with E-state index in [4.69, 9.17) is 38.8 Å². The second-order valence-electron chi connectivity index (χ2n) is 9.46. The molecule has 228 valence electrons. The summed E-state index contributed by atoms with van der Waals surface area (Å²) in [4.78, 5) is 36.5. The lowest BCUT2D eigenvalue weighted by molar-refractivity contribution is -0.137. The highest BCUT2D eigenvalue weighted by Gasteiger charge is 2.39. The zero-order valence-corrected chi connectivity index (χ0v) is 25.0. The molecule has 0 aromatic heterocycles. The number of carboxylic acids is 1. The lowest BCUT2D eigenvalue weighted by Crippen LogP contribution is -2.38. The highest BCUT2D eigenvalue weighted by molar-refractivity contribution is 7.52. The summed E-state index contributed by atoms with van der Waals surface area (Å²) in [5, 5.41) is 9.05. The molecule has 0 heterocycles. The number of carbonyl (C=O) groups excluding carboxylic acids is 2. The van der Waals surface area contributed by atoms with Gasteiger partial charge in [-0.15, -0.1) is 4.76 Å². The van der Waals surface area contributed by atoms with E-state index in [1.165, 1.54) is 7.05 Å². The number of hydrogen-bond acceptors (Lipinski definition) is 10. The summed E-state index contributed by atoms with van der Waals surface area (Å²) < 4.78 is 49.2. The topological polar surface area (TPSA) is 186 Å². The van der Waals surface area contributed by atoms with Crippen LogP contribution in [0, 0.1) is 11.8 Å². The van der Waals surface area contributed by atoms with Crippen LogP contribution in [0.25, 0.3) is 0 Å². The molecule has 0 rings (SSSR count). The Bertz CT molecular complexity index is 779. The zero-order chi connectivity index (χ0) is 30.0. The standard InChI is InChI=1S/C24H46N3O11P/c1-8-10-12-14-33-23(30)35-20(17(3)4)37-39(32,26-22(25)27(7)16-19(28)29)38-21(18(5)6)36-24(31)34-15-13-11-9-2/h17-18,20-21H,8-16H2,1-7H3,(H,28,29)(H2,25,26,32). The van der Waals surface area contributed by atoms with Gasteiger partial charge in [-0.1, -0.05) is 67.2 Å². The second kappa shape index (κ2) is 19.5. The number of nitrogens with zero attached hydrogens (tertiary/aromatic N) is 2. The summed E-state index contributed by atoms with van der Waals surface area (Å²) >= 11 is 0. The van der Waals surface area contributed by atoms with Gasteiger partial charge in [-0.2, -0.15) is 0 Å². The smallest absolute Gasteiger partial charge is 0.480 e. The highest BCUT2D eigenvalue weighted by Crippen LogP contribution is 2.54. The molecule has 2 atom stereocenters. The van der Waals surface area contributed by atoms with Crippen LogP contribution in [0.4, 0.5) is 9.59 Å². The van der Waals surface area contributed by atoms with Crippen molar-refractivity contribution in [1.82, 2.24) is 4.90 Å². The minimum absolute atomic E-state index is 0.125. The van der Waals surface area contributed by atoms with Crippen molar-refractivity contribution in [3.8, 4) is 0 Å². The maximum Gasteiger partial charge on any atom is 0.510 e. The van der Waals surface area contributed by atoms with Gasteiger partial charge in [0.15, 0.2) is 0 Å². The molecule has 0 aromatic carbocycles. The van der Waals surface area contributed by atoms with E-state index in [2.05, 4.69) is 4.76 Å². The second-order valence-corrected chi connectivity index (χ2v) is 11.0. The van der Waals surface area contributed by atoms with Crippen LogP contribution in [0.1, 0.15) is 80.1 Å². The molecule has 14 nitrogen and oxygen atoms in total. The van der Waals surface area contributed by atoms with Crippen LogP contribution in [-0.2, 0) is 37.4 Å². The van der Waals surface area contributed by atoms with E-state index >= 15 is 0 Å². The first-order valence-electron chi connectivity index (χ1n) is 13.2. The number of unbranched alkanes of at least 4 members (excludes halogenated alkanes) is 4. The van der Waals surface area contributed by atoms with Gasteiger partial charge in [0.05, 0.1) is 13.2 Å². The Morgan fingerprint density at radius 2 is 1.26 bits per heavy atom. The third-order valence-corrected chi connectivity index (χ3v) is 6.31. The van der Waals surface area contributed by atoms with E-state index in [0.29, 0.717) is 12.8 Å². The van der Waals surface area contributed by atoms with Crippen molar-refractivity contribution in [3.63, 3.8) is 0 Å². The summed E-state index contributed by atoms with van der Waals surface area (Å²) in [5.41, 5.74) is 5.86. The largest absolute Gasteiger partial charge is 0.510 e. The predicted molar refractivity (Wildman–Crippen MR) is 143 cm³/mol. The molecule has 39 heavy (non-hydrogen) atoms. The van der Waals surface area contributed by atoms with Gasteiger partial charge in [-0.05, 0) is 12.8 Å². The SMILES string of the molecule is CCCCCOC(=O)OC(OP(=O)(/N=C(/N)N(C)CC(=O)O)OC(OC(=O)OCCCCC)C(C)C)C(C)C. The fourth-order valence-corrected chi connectivity index (χ4v) is 4.30. The van der Waals surface area contributed by atoms with Crippen molar-refractivity contribution in [3.05, 3.63) is 0 Å². The Labute approximate surface area is 231 Å². The molecule has 0 spiro atoms. The monoisotopic (exact) mass is 583 g/mol. The van der Waals surface area contributed by atoms with Gasteiger partial charge in [0.25, 0.3) is 0 Å². The molecule has 0 aliphatic carbocycles. The number of hydrogen-bond donors (Lipinski definition) is 2. The van der Waals surface area contributed by atoms with Crippen molar-refractivity contribution < 1.29 is 52.1 Å². The number of nitrogens with two attached hydrogens (primary N) is 1. The first-order valence-corrected chi connectivity index (χ1v) is 14.7. The number of carboxylic acid groups (broad SMARTS) is 1. The average Bonchev–Trinajstić information content (AvgIpc) is 2.83. The normalized spacial score (nSPS) is 14.8. The van der Waals surface area contributed by atoms with Crippen molar-refractivity contribution in [1.29, 1.82) is 0 Å². The first-order chi connectivity index (χ1) is 18.2. The van der Waals surface area contributed by atoms with E-state index in [1.54, 1.807) is 27.7 Å². The van der Waals surface area contributed by atoms with Crippen molar-refractivity contribution >= 4 is 32.0 Å². The number of rotatable bonds is 19. The summed E-state index contributed by atoms with van der Waals surface area (Å²) in [7, 11) is -3.42. The number of carbonyl (C=O) groups is 3. The van der Waals surface area contributed by atoms with Gasteiger partial charge in [-0.3, -0.25) is 4.79 Å². The maximum absolute atomic E-state index is 13.9. The van der Waals surface area contributed by atoms with Crippen LogP contribution in [-0.4, -0.2) is 73.6 Å². The number of aliphatic carboxylic acids is 1. The van der Waals surface area contributed by atoms with E-state index in [-0.39, 0.29) is 13.2 Å². The van der Waals surface area contributed by atoms with E-state index in [9.17, 15) is 18.9 Å². The Balaban J connectivity index is 5.90. The molecule has 0 aromatic rings. The Morgan fingerprint density at radius 1 is 0.846 bits per heavy atom. The average molecular weight is 584 g/mol. The minimum atomic E-state index is -4.72. The minimum Gasteiger partial charge on any atom is -0.480 e. The van der Waals surface area contributed by atoms with Gasteiger partial charge >= 0.3 is 26.0 Å². The zero-order valence-electron chi connectivity index (χ0n) is 24.1. The van der Waals surface area contributed by atoms with Crippen molar-refractivity contribution in [2.24, 2.45) is 22.3 Å².